The summed E-state index contributed by atoms with van der Waals surface area (Å²) < 4.78 is 0. The fraction of sp³-hybridized carbons (Fsp3) is 0.586. The predicted molar refractivity (Wildman–Crippen MR) is 152 cm³/mol. The Morgan fingerprint density at radius 3 is 2.08 bits per heavy atom. The number of aromatic amines is 1. The number of carboxylic acid groups (broad SMARTS) is 1. The Morgan fingerprint density at radius 1 is 0.872 bits per heavy atom. The van der Waals surface area contributed by atoms with Crippen molar-refractivity contribution in [3.05, 3.63) is 36.0 Å². The van der Waals surface area contributed by atoms with Crippen LogP contribution in [-0.4, -0.2) is 57.9 Å². The number of aromatic nitrogens is 1. The van der Waals surface area contributed by atoms with Crippen LogP contribution in [0.3, 0.4) is 0 Å². The molecule has 0 saturated heterocycles. The number of fused-ring (bicyclic) bond motifs is 1. The molecule has 1 heterocycles. The SMILES string of the molecule is CCC(C)C(NC(=O)C(CC(C)C)NC(=O)C(N)CC(C)C)C(=O)NC(Cc1c[nH]c2ccccc12)C(=O)O. The van der Waals surface area contributed by atoms with Gasteiger partial charge in [-0.3, -0.25) is 14.4 Å². The summed E-state index contributed by atoms with van der Waals surface area (Å²) in [6.45, 7) is 11.5. The number of hydrogen-bond acceptors (Lipinski definition) is 5. The number of carboxylic acids is 1. The van der Waals surface area contributed by atoms with Crippen LogP contribution in [0.4, 0.5) is 0 Å². The lowest BCUT2D eigenvalue weighted by Gasteiger charge is -2.28. The second-order valence-corrected chi connectivity index (χ2v) is 11.3. The molecule has 0 aliphatic carbocycles. The van der Waals surface area contributed by atoms with E-state index in [1.807, 2.05) is 65.8 Å². The normalized spacial score (nSPS) is 15.4. The molecule has 10 heteroatoms. The van der Waals surface area contributed by atoms with E-state index >= 15 is 0 Å². The van der Waals surface area contributed by atoms with E-state index in [-0.39, 0.29) is 24.2 Å². The smallest absolute Gasteiger partial charge is 0.326 e. The molecular formula is C29H45N5O5. The molecule has 0 spiro atoms. The van der Waals surface area contributed by atoms with Gasteiger partial charge < -0.3 is 31.8 Å². The zero-order valence-electron chi connectivity index (χ0n) is 23.9. The molecule has 5 atom stereocenters. The maximum atomic E-state index is 13.4. The molecule has 0 aliphatic heterocycles. The van der Waals surface area contributed by atoms with E-state index < -0.39 is 47.9 Å². The van der Waals surface area contributed by atoms with Crippen molar-refractivity contribution < 1.29 is 24.3 Å². The maximum absolute atomic E-state index is 13.4. The third-order valence-corrected chi connectivity index (χ3v) is 6.91. The van der Waals surface area contributed by atoms with Crippen molar-refractivity contribution in [2.75, 3.05) is 0 Å². The van der Waals surface area contributed by atoms with Crippen LogP contribution >= 0.6 is 0 Å². The highest BCUT2D eigenvalue weighted by atomic mass is 16.4. The Bertz CT molecular complexity index is 1130. The number of nitrogens with two attached hydrogens (primary N) is 1. The molecule has 0 radical (unpaired) electrons. The highest BCUT2D eigenvalue weighted by molar-refractivity contribution is 5.94. The number of carbonyl (C=O) groups is 4. The van der Waals surface area contributed by atoms with Gasteiger partial charge in [0.1, 0.15) is 18.1 Å². The highest BCUT2D eigenvalue weighted by Crippen LogP contribution is 2.19. The van der Waals surface area contributed by atoms with Crippen LogP contribution in [0, 0.1) is 17.8 Å². The van der Waals surface area contributed by atoms with Crippen molar-refractivity contribution >= 4 is 34.6 Å². The standard InChI is InChI=1S/C29H45N5O5/c1-7-18(6)25(34-27(36)23(13-17(4)5)32-26(35)21(30)12-16(2)3)28(37)33-24(29(38)39)14-19-15-31-22-11-9-8-10-20(19)22/h8-11,15-18,21,23-25,31H,7,12-14,30H2,1-6H3,(H,32,35)(H,33,37)(H,34,36)(H,38,39). The number of aliphatic carboxylic acids is 1. The summed E-state index contributed by atoms with van der Waals surface area (Å²) in [6, 6.07) is 3.72. The molecule has 0 bridgehead atoms. The van der Waals surface area contributed by atoms with Gasteiger partial charge in [-0.25, -0.2) is 4.79 Å². The Kier molecular flexibility index (Phi) is 12.0. The third-order valence-electron chi connectivity index (χ3n) is 6.91. The highest BCUT2D eigenvalue weighted by Gasteiger charge is 2.33. The van der Waals surface area contributed by atoms with E-state index in [0.29, 0.717) is 19.3 Å². The average molecular weight is 544 g/mol. The van der Waals surface area contributed by atoms with Crippen LogP contribution in [0.15, 0.2) is 30.5 Å². The lowest BCUT2D eigenvalue weighted by molar-refractivity contribution is -0.142. The van der Waals surface area contributed by atoms with E-state index in [0.717, 1.165) is 16.5 Å². The van der Waals surface area contributed by atoms with Gasteiger partial charge in [0, 0.05) is 23.5 Å². The monoisotopic (exact) mass is 543 g/mol. The molecule has 216 valence electrons. The Balaban J connectivity index is 2.19. The third kappa shape index (κ3) is 9.38. The first-order chi connectivity index (χ1) is 18.3. The van der Waals surface area contributed by atoms with Gasteiger partial charge in [0.25, 0.3) is 0 Å². The summed E-state index contributed by atoms with van der Waals surface area (Å²) in [6.07, 6.45) is 3.22. The van der Waals surface area contributed by atoms with Crippen LogP contribution in [0.1, 0.15) is 66.4 Å². The Hall–Kier alpha value is -3.40. The quantitative estimate of drug-likeness (QED) is 0.202. The van der Waals surface area contributed by atoms with Gasteiger partial charge in [-0.05, 0) is 42.2 Å². The number of para-hydroxylation sites is 1. The minimum absolute atomic E-state index is 0.0754. The van der Waals surface area contributed by atoms with Crippen molar-refractivity contribution in [1.29, 1.82) is 0 Å². The topological polar surface area (TPSA) is 166 Å². The zero-order chi connectivity index (χ0) is 29.3. The summed E-state index contributed by atoms with van der Waals surface area (Å²) in [4.78, 5) is 54.6. The molecule has 7 N–H and O–H groups in total. The van der Waals surface area contributed by atoms with Crippen molar-refractivity contribution in [2.45, 2.75) is 91.4 Å². The van der Waals surface area contributed by atoms with E-state index in [1.54, 1.807) is 6.20 Å². The molecule has 1 aromatic heterocycles. The summed E-state index contributed by atoms with van der Waals surface area (Å²) in [7, 11) is 0. The zero-order valence-corrected chi connectivity index (χ0v) is 23.9. The fourth-order valence-corrected chi connectivity index (χ4v) is 4.53. The van der Waals surface area contributed by atoms with E-state index in [1.165, 1.54) is 0 Å². The lowest BCUT2D eigenvalue weighted by atomic mass is 9.95. The van der Waals surface area contributed by atoms with Gasteiger partial charge >= 0.3 is 5.97 Å². The number of nitrogens with one attached hydrogen (secondary N) is 4. The van der Waals surface area contributed by atoms with Crippen LogP contribution in [0.2, 0.25) is 0 Å². The Labute approximate surface area is 230 Å². The molecule has 10 nitrogen and oxygen atoms in total. The average Bonchev–Trinajstić information content (AvgIpc) is 3.27. The molecule has 0 aliphatic rings. The minimum Gasteiger partial charge on any atom is -0.480 e. The first-order valence-corrected chi connectivity index (χ1v) is 13.8. The summed E-state index contributed by atoms with van der Waals surface area (Å²) >= 11 is 0. The molecule has 2 rings (SSSR count). The van der Waals surface area contributed by atoms with E-state index in [4.69, 9.17) is 5.73 Å². The second kappa shape index (κ2) is 14.7. The van der Waals surface area contributed by atoms with E-state index in [9.17, 15) is 24.3 Å². The molecule has 3 amide bonds. The number of hydrogen-bond donors (Lipinski definition) is 6. The van der Waals surface area contributed by atoms with Crippen LogP contribution in [-0.2, 0) is 25.6 Å². The van der Waals surface area contributed by atoms with Crippen LogP contribution in [0.25, 0.3) is 10.9 Å². The predicted octanol–water partition coefficient (Wildman–Crippen LogP) is 2.72. The fourth-order valence-electron chi connectivity index (χ4n) is 4.53. The molecule has 5 unspecified atom stereocenters. The number of amides is 3. The lowest BCUT2D eigenvalue weighted by Crippen LogP contribution is -2.59. The molecular weight excluding hydrogens is 498 g/mol. The maximum Gasteiger partial charge on any atom is 0.326 e. The van der Waals surface area contributed by atoms with Crippen LogP contribution in [0.5, 0.6) is 0 Å². The van der Waals surface area contributed by atoms with Crippen molar-refractivity contribution in [3.63, 3.8) is 0 Å². The molecule has 0 saturated carbocycles. The Morgan fingerprint density at radius 2 is 1.49 bits per heavy atom. The first kappa shape index (κ1) is 31.8. The molecule has 2 aromatic rings. The van der Waals surface area contributed by atoms with Crippen LogP contribution < -0.4 is 21.7 Å². The first-order valence-electron chi connectivity index (χ1n) is 13.8. The van der Waals surface area contributed by atoms with Gasteiger partial charge in [0.2, 0.25) is 17.7 Å². The molecule has 0 fully saturated rings. The van der Waals surface area contributed by atoms with Crippen molar-refractivity contribution in [1.82, 2.24) is 20.9 Å². The van der Waals surface area contributed by atoms with Crippen molar-refractivity contribution in [3.8, 4) is 0 Å². The summed E-state index contributed by atoms with van der Waals surface area (Å²) in [5, 5.41) is 18.9. The second-order valence-electron chi connectivity index (χ2n) is 11.3. The van der Waals surface area contributed by atoms with Gasteiger partial charge in [-0.1, -0.05) is 66.2 Å². The van der Waals surface area contributed by atoms with Gasteiger partial charge in [0.05, 0.1) is 6.04 Å². The largest absolute Gasteiger partial charge is 0.480 e. The number of H-pyrrole nitrogens is 1. The summed E-state index contributed by atoms with van der Waals surface area (Å²) in [5.74, 6) is -2.66. The summed E-state index contributed by atoms with van der Waals surface area (Å²) in [5.41, 5.74) is 7.66. The molecule has 39 heavy (non-hydrogen) atoms. The number of carbonyl (C=O) groups excluding carboxylic acids is 3. The molecule has 1 aromatic carbocycles. The van der Waals surface area contributed by atoms with Gasteiger partial charge in [0.15, 0.2) is 0 Å². The van der Waals surface area contributed by atoms with Gasteiger partial charge in [-0.2, -0.15) is 0 Å². The van der Waals surface area contributed by atoms with E-state index in [2.05, 4.69) is 20.9 Å². The van der Waals surface area contributed by atoms with Gasteiger partial charge in [-0.15, -0.1) is 0 Å². The number of benzene rings is 1. The van der Waals surface area contributed by atoms with Crippen molar-refractivity contribution in [2.24, 2.45) is 23.5 Å². The number of rotatable bonds is 15. The minimum atomic E-state index is -1.19.